The summed E-state index contributed by atoms with van der Waals surface area (Å²) in [5.41, 5.74) is 2.76. The van der Waals surface area contributed by atoms with Crippen molar-refractivity contribution >= 4 is 45.8 Å². The molecule has 6 heteroatoms. The minimum absolute atomic E-state index is 0.283. The fourth-order valence-electron chi connectivity index (χ4n) is 2.72. The summed E-state index contributed by atoms with van der Waals surface area (Å²) in [6.45, 7) is 0.283. The Labute approximate surface area is 187 Å². The standard InChI is InChI=1S/C23H16ClFINO2/c1-28-22-12-16(10-17(13-27)19-4-2-3-5-20(19)24)11-21(26)23(22)29-14-15-6-8-18(25)9-7-15/h2-12H,14H2,1H3. The van der Waals surface area contributed by atoms with Gasteiger partial charge in [0.1, 0.15) is 12.4 Å². The Kier molecular flexibility index (Phi) is 7.13. The molecule has 0 spiro atoms. The van der Waals surface area contributed by atoms with Crippen LogP contribution in [0.25, 0.3) is 11.6 Å². The molecule has 3 rings (SSSR count). The Balaban J connectivity index is 1.90. The van der Waals surface area contributed by atoms with Crippen LogP contribution in [-0.2, 0) is 6.61 Å². The van der Waals surface area contributed by atoms with Crippen LogP contribution in [0.1, 0.15) is 16.7 Å². The van der Waals surface area contributed by atoms with Crippen LogP contribution >= 0.6 is 34.2 Å². The zero-order valence-electron chi connectivity index (χ0n) is 15.5. The molecular weight excluding hydrogens is 504 g/mol. The van der Waals surface area contributed by atoms with Crippen molar-refractivity contribution in [3.8, 4) is 17.6 Å². The van der Waals surface area contributed by atoms with Gasteiger partial charge in [-0.05, 0) is 70.1 Å². The highest BCUT2D eigenvalue weighted by atomic mass is 127. The van der Waals surface area contributed by atoms with Gasteiger partial charge in [0.15, 0.2) is 11.5 Å². The van der Waals surface area contributed by atoms with Gasteiger partial charge in [-0.25, -0.2) is 4.39 Å². The molecule has 3 nitrogen and oxygen atoms in total. The van der Waals surface area contributed by atoms with Gasteiger partial charge in [0.05, 0.1) is 22.3 Å². The van der Waals surface area contributed by atoms with E-state index in [2.05, 4.69) is 28.7 Å². The van der Waals surface area contributed by atoms with Crippen LogP contribution in [0.4, 0.5) is 4.39 Å². The average Bonchev–Trinajstić information content (AvgIpc) is 2.72. The van der Waals surface area contributed by atoms with Crippen molar-refractivity contribution in [3.05, 3.63) is 91.8 Å². The maximum absolute atomic E-state index is 13.1. The van der Waals surface area contributed by atoms with Gasteiger partial charge < -0.3 is 9.47 Å². The van der Waals surface area contributed by atoms with Crippen molar-refractivity contribution in [2.75, 3.05) is 7.11 Å². The van der Waals surface area contributed by atoms with E-state index in [-0.39, 0.29) is 12.4 Å². The first-order valence-electron chi connectivity index (χ1n) is 8.63. The molecule has 146 valence electrons. The van der Waals surface area contributed by atoms with Crippen molar-refractivity contribution in [1.29, 1.82) is 5.26 Å². The second-order valence-electron chi connectivity index (χ2n) is 6.10. The van der Waals surface area contributed by atoms with E-state index in [0.717, 1.165) is 14.7 Å². The molecule has 0 aliphatic rings. The van der Waals surface area contributed by atoms with Gasteiger partial charge >= 0.3 is 0 Å². The molecule has 0 aromatic heterocycles. The smallest absolute Gasteiger partial charge is 0.174 e. The van der Waals surface area contributed by atoms with Crippen LogP contribution in [0.2, 0.25) is 5.02 Å². The highest BCUT2D eigenvalue weighted by Crippen LogP contribution is 2.36. The van der Waals surface area contributed by atoms with E-state index in [4.69, 9.17) is 21.1 Å². The third kappa shape index (κ3) is 5.28. The lowest BCUT2D eigenvalue weighted by Crippen LogP contribution is -2.00. The molecule has 0 unspecified atom stereocenters. The van der Waals surface area contributed by atoms with Gasteiger partial charge in [0.25, 0.3) is 0 Å². The van der Waals surface area contributed by atoms with Crippen LogP contribution in [-0.4, -0.2) is 7.11 Å². The number of nitrogens with zero attached hydrogens (tertiary/aromatic N) is 1. The number of benzene rings is 3. The highest BCUT2D eigenvalue weighted by molar-refractivity contribution is 14.1. The molecule has 29 heavy (non-hydrogen) atoms. The van der Waals surface area contributed by atoms with Gasteiger partial charge in [-0.15, -0.1) is 0 Å². The summed E-state index contributed by atoms with van der Waals surface area (Å²) >= 11 is 8.39. The molecule has 0 saturated heterocycles. The summed E-state index contributed by atoms with van der Waals surface area (Å²) < 4.78 is 25.3. The first-order valence-corrected chi connectivity index (χ1v) is 10.1. The summed E-state index contributed by atoms with van der Waals surface area (Å²) in [7, 11) is 1.56. The molecule has 0 radical (unpaired) electrons. The lowest BCUT2D eigenvalue weighted by molar-refractivity contribution is 0.282. The van der Waals surface area contributed by atoms with Crippen molar-refractivity contribution in [1.82, 2.24) is 0 Å². The number of hydrogen-bond donors (Lipinski definition) is 0. The highest BCUT2D eigenvalue weighted by Gasteiger charge is 2.13. The predicted molar refractivity (Wildman–Crippen MR) is 121 cm³/mol. The van der Waals surface area contributed by atoms with E-state index in [9.17, 15) is 9.65 Å². The Morgan fingerprint density at radius 2 is 1.90 bits per heavy atom. The third-order valence-corrected chi connectivity index (χ3v) is 5.27. The summed E-state index contributed by atoms with van der Waals surface area (Å²) in [4.78, 5) is 0. The Morgan fingerprint density at radius 1 is 1.17 bits per heavy atom. The van der Waals surface area contributed by atoms with Gasteiger partial charge in [-0.3, -0.25) is 0 Å². The molecule has 3 aromatic rings. The molecule has 0 aliphatic heterocycles. The summed E-state index contributed by atoms with van der Waals surface area (Å²) in [6, 6.07) is 19.3. The van der Waals surface area contributed by atoms with E-state index < -0.39 is 0 Å². The van der Waals surface area contributed by atoms with Crippen molar-refractivity contribution in [3.63, 3.8) is 0 Å². The van der Waals surface area contributed by atoms with Crippen molar-refractivity contribution < 1.29 is 13.9 Å². The van der Waals surface area contributed by atoms with Crippen LogP contribution in [0.15, 0.2) is 60.7 Å². The SMILES string of the molecule is COc1cc(C=C(C#N)c2ccccc2Cl)cc(I)c1OCc1ccc(F)cc1. The van der Waals surface area contributed by atoms with Gasteiger partial charge in [-0.1, -0.05) is 41.9 Å². The lowest BCUT2D eigenvalue weighted by atomic mass is 10.0. The number of methoxy groups -OCH3 is 1. The number of halogens is 3. The topological polar surface area (TPSA) is 42.2 Å². The van der Waals surface area contributed by atoms with E-state index in [1.807, 2.05) is 18.2 Å². The first kappa shape index (κ1) is 21.2. The number of hydrogen-bond acceptors (Lipinski definition) is 3. The minimum Gasteiger partial charge on any atom is -0.493 e. The van der Waals surface area contributed by atoms with Crippen LogP contribution in [0.3, 0.4) is 0 Å². The third-order valence-electron chi connectivity index (χ3n) is 4.14. The van der Waals surface area contributed by atoms with E-state index in [0.29, 0.717) is 27.7 Å². The second kappa shape index (κ2) is 9.77. The molecule has 0 N–H and O–H groups in total. The zero-order valence-corrected chi connectivity index (χ0v) is 18.4. The van der Waals surface area contributed by atoms with Crippen LogP contribution < -0.4 is 9.47 Å². The molecule has 0 bridgehead atoms. The largest absolute Gasteiger partial charge is 0.493 e. The van der Waals surface area contributed by atoms with Crippen molar-refractivity contribution in [2.45, 2.75) is 6.61 Å². The van der Waals surface area contributed by atoms with Crippen LogP contribution in [0.5, 0.6) is 11.5 Å². The quantitative estimate of drug-likeness (QED) is 0.206. The Bertz CT molecular complexity index is 1090. The normalized spacial score (nSPS) is 11.1. The van der Waals surface area contributed by atoms with E-state index in [1.54, 1.807) is 43.5 Å². The van der Waals surface area contributed by atoms with Gasteiger partial charge in [0.2, 0.25) is 0 Å². The van der Waals surface area contributed by atoms with Gasteiger partial charge in [-0.2, -0.15) is 5.26 Å². The summed E-state index contributed by atoms with van der Waals surface area (Å²) in [6.07, 6.45) is 1.76. The number of ether oxygens (including phenoxy) is 2. The van der Waals surface area contributed by atoms with Gasteiger partial charge in [0, 0.05) is 10.6 Å². The monoisotopic (exact) mass is 519 g/mol. The predicted octanol–water partition coefficient (Wildman–Crippen LogP) is 6.74. The molecule has 0 fully saturated rings. The Hall–Kier alpha value is -2.56. The second-order valence-corrected chi connectivity index (χ2v) is 7.67. The molecule has 0 heterocycles. The Morgan fingerprint density at radius 3 is 2.55 bits per heavy atom. The molecule has 0 atom stereocenters. The van der Waals surface area contributed by atoms with Crippen LogP contribution in [0, 0.1) is 20.7 Å². The number of nitriles is 1. The lowest BCUT2D eigenvalue weighted by Gasteiger charge is -2.14. The number of rotatable bonds is 6. The van der Waals surface area contributed by atoms with E-state index >= 15 is 0 Å². The molecule has 0 aliphatic carbocycles. The molecular formula is C23H16ClFINO2. The summed E-state index contributed by atoms with van der Waals surface area (Å²) in [5.74, 6) is 0.844. The molecule has 3 aromatic carbocycles. The van der Waals surface area contributed by atoms with Crippen molar-refractivity contribution in [2.24, 2.45) is 0 Å². The summed E-state index contributed by atoms with van der Waals surface area (Å²) in [5, 5.41) is 10.1. The first-order chi connectivity index (χ1) is 14.0. The molecule has 0 amide bonds. The fourth-order valence-corrected chi connectivity index (χ4v) is 3.73. The molecule has 0 saturated carbocycles. The minimum atomic E-state index is -0.288. The fraction of sp³-hybridized carbons (Fsp3) is 0.0870. The average molecular weight is 520 g/mol. The maximum Gasteiger partial charge on any atom is 0.174 e. The zero-order chi connectivity index (χ0) is 20.8. The maximum atomic E-state index is 13.1. The number of allylic oxidation sites excluding steroid dienone is 1. The van der Waals surface area contributed by atoms with E-state index in [1.165, 1.54) is 12.1 Å².